The number of hydrogen-bond donors (Lipinski definition) is 0. The van der Waals surface area contributed by atoms with Gasteiger partial charge >= 0.3 is 140 Å². The first kappa shape index (κ1) is 15.5. The van der Waals surface area contributed by atoms with Crippen molar-refractivity contribution in [3.8, 4) is 11.5 Å². The Bertz CT molecular complexity index is 631. The van der Waals surface area contributed by atoms with Crippen molar-refractivity contribution in [1.82, 2.24) is 0 Å². The number of benzene rings is 2. The summed E-state index contributed by atoms with van der Waals surface area (Å²) in [5.74, 6) is 1.88. The van der Waals surface area contributed by atoms with Crippen LogP contribution in [0.5, 0.6) is 11.5 Å². The van der Waals surface area contributed by atoms with E-state index in [1.165, 1.54) is 21.7 Å². The molecule has 1 atom stereocenters. The molecule has 1 aliphatic rings. The third-order valence-corrected chi connectivity index (χ3v) is 14.2. The number of rotatable bonds is 5. The molecule has 0 spiro atoms. The van der Waals surface area contributed by atoms with E-state index in [0.717, 1.165) is 15.2 Å². The van der Waals surface area contributed by atoms with Crippen LogP contribution in [0.3, 0.4) is 0 Å². The van der Waals surface area contributed by atoms with Crippen molar-refractivity contribution < 1.29 is 9.47 Å². The van der Waals surface area contributed by atoms with Crippen molar-refractivity contribution in [2.24, 2.45) is 0 Å². The summed E-state index contributed by atoms with van der Waals surface area (Å²) in [6, 6.07) is 17.2. The molecule has 2 aromatic carbocycles. The second-order valence-corrected chi connectivity index (χ2v) is 14.1. The Morgan fingerprint density at radius 2 is 1.50 bits per heavy atom. The molecule has 1 aliphatic heterocycles. The van der Waals surface area contributed by atoms with Gasteiger partial charge in [-0.2, -0.15) is 0 Å². The summed E-state index contributed by atoms with van der Waals surface area (Å²) in [5, 5.41) is 0. The zero-order valence-electron chi connectivity index (χ0n) is 13.2. The van der Waals surface area contributed by atoms with Gasteiger partial charge in [-0.15, -0.1) is 0 Å². The molecule has 0 saturated carbocycles. The average molecular weight is 396 g/mol. The van der Waals surface area contributed by atoms with Crippen LogP contribution in [0.1, 0.15) is 21.2 Å². The molecule has 22 heavy (non-hydrogen) atoms. The second kappa shape index (κ2) is 7.28. The summed E-state index contributed by atoms with van der Waals surface area (Å²) in [4.78, 5) is 0. The molecule has 3 rings (SSSR count). The molecule has 1 unspecified atom stereocenters. The number of hydrogen-bond acceptors (Lipinski definition) is 2. The zero-order chi connectivity index (χ0) is 15.4. The SMILES string of the molecule is COc1ccc([CH2][In]2[CH]=CC[CH]2c2ccc(OC)cc2)cc1. The Balaban J connectivity index is 1.72. The Hall–Kier alpha value is -1.35. The van der Waals surface area contributed by atoms with Crippen molar-refractivity contribution >= 4 is 21.4 Å². The quantitative estimate of drug-likeness (QED) is 0.758. The van der Waals surface area contributed by atoms with E-state index in [1.807, 2.05) is 0 Å². The predicted octanol–water partition coefficient (Wildman–Crippen LogP) is 4.10. The van der Waals surface area contributed by atoms with Crippen molar-refractivity contribution in [1.29, 1.82) is 0 Å². The number of methoxy groups -OCH3 is 2. The van der Waals surface area contributed by atoms with Gasteiger partial charge in [-0.1, -0.05) is 0 Å². The van der Waals surface area contributed by atoms with Crippen LogP contribution >= 0.6 is 0 Å². The van der Waals surface area contributed by atoms with Gasteiger partial charge in [0.1, 0.15) is 0 Å². The summed E-state index contributed by atoms with van der Waals surface area (Å²) in [6.07, 6.45) is 3.61. The number of allylic oxidation sites excluding steroid dienone is 1. The molecule has 0 fully saturated rings. The fourth-order valence-corrected chi connectivity index (χ4v) is 12.4. The molecule has 0 radical (unpaired) electrons. The van der Waals surface area contributed by atoms with E-state index in [9.17, 15) is 0 Å². The summed E-state index contributed by atoms with van der Waals surface area (Å²) >= 11 is -1.74. The van der Waals surface area contributed by atoms with Gasteiger partial charge in [0, 0.05) is 0 Å². The Morgan fingerprint density at radius 1 is 0.909 bits per heavy atom. The van der Waals surface area contributed by atoms with Crippen molar-refractivity contribution in [3.63, 3.8) is 0 Å². The van der Waals surface area contributed by atoms with Crippen molar-refractivity contribution in [2.75, 3.05) is 14.2 Å². The van der Waals surface area contributed by atoms with Gasteiger partial charge in [0.2, 0.25) is 0 Å². The third kappa shape index (κ3) is 3.52. The third-order valence-electron chi connectivity index (χ3n) is 4.46. The molecular formula is C19H21InO2. The minimum absolute atomic E-state index is 0.773. The summed E-state index contributed by atoms with van der Waals surface area (Å²) < 4.78 is 15.1. The molecule has 0 aliphatic carbocycles. The minimum atomic E-state index is -1.74. The van der Waals surface area contributed by atoms with Crippen LogP contribution in [0.2, 0.25) is 0 Å². The first-order valence-corrected chi connectivity index (χ1v) is 13.9. The van der Waals surface area contributed by atoms with Gasteiger partial charge in [-0.3, -0.25) is 0 Å². The molecule has 3 heteroatoms. The molecule has 0 N–H and O–H groups in total. The van der Waals surface area contributed by atoms with Gasteiger partial charge < -0.3 is 0 Å². The predicted molar refractivity (Wildman–Crippen MR) is 91.9 cm³/mol. The molecule has 1 heterocycles. The van der Waals surface area contributed by atoms with Crippen molar-refractivity contribution in [2.45, 2.75) is 14.3 Å². The maximum atomic E-state index is 5.27. The Kier molecular flexibility index (Phi) is 5.14. The molecule has 2 aromatic rings. The normalized spacial score (nSPS) is 16.8. The molecule has 0 saturated heterocycles. The molecule has 112 valence electrons. The fourth-order valence-electron chi connectivity index (χ4n) is 3.19. The van der Waals surface area contributed by atoms with Crippen LogP contribution in [0.25, 0.3) is 0 Å². The molecule has 0 amide bonds. The van der Waals surface area contributed by atoms with Gasteiger partial charge in [-0.25, -0.2) is 0 Å². The second-order valence-electron chi connectivity index (χ2n) is 5.76. The van der Waals surface area contributed by atoms with E-state index >= 15 is 0 Å². The molecular weight excluding hydrogens is 375 g/mol. The van der Waals surface area contributed by atoms with E-state index < -0.39 is 21.4 Å². The van der Waals surface area contributed by atoms with E-state index in [4.69, 9.17) is 9.47 Å². The van der Waals surface area contributed by atoms with Crippen LogP contribution in [0.15, 0.2) is 58.4 Å². The van der Waals surface area contributed by atoms with E-state index in [1.54, 1.807) is 14.2 Å². The zero-order valence-corrected chi connectivity index (χ0v) is 16.5. The van der Waals surface area contributed by atoms with Gasteiger partial charge in [-0.05, 0) is 0 Å². The van der Waals surface area contributed by atoms with Crippen LogP contribution in [-0.4, -0.2) is 35.7 Å². The van der Waals surface area contributed by atoms with Crippen LogP contribution in [0.4, 0.5) is 0 Å². The Morgan fingerprint density at radius 3 is 2.09 bits per heavy atom. The van der Waals surface area contributed by atoms with Gasteiger partial charge in [0.15, 0.2) is 0 Å². The topological polar surface area (TPSA) is 18.5 Å². The average Bonchev–Trinajstić information content (AvgIpc) is 3.04. The van der Waals surface area contributed by atoms with E-state index in [-0.39, 0.29) is 0 Å². The first-order valence-electron chi connectivity index (χ1n) is 7.73. The van der Waals surface area contributed by atoms with Crippen LogP contribution in [0, 0.1) is 0 Å². The van der Waals surface area contributed by atoms with E-state index in [0.29, 0.717) is 0 Å². The molecule has 2 nitrogen and oxygen atoms in total. The van der Waals surface area contributed by atoms with Crippen LogP contribution < -0.4 is 9.47 Å². The van der Waals surface area contributed by atoms with Crippen LogP contribution in [-0.2, 0) is 4.18 Å². The van der Waals surface area contributed by atoms with Crippen molar-refractivity contribution in [3.05, 3.63) is 69.6 Å². The molecule has 0 bridgehead atoms. The van der Waals surface area contributed by atoms with Gasteiger partial charge in [0.05, 0.1) is 0 Å². The Labute approximate surface area is 140 Å². The summed E-state index contributed by atoms with van der Waals surface area (Å²) in [6.45, 7) is 0. The maximum absolute atomic E-state index is 5.27. The van der Waals surface area contributed by atoms with Gasteiger partial charge in [0.25, 0.3) is 0 Å². The fraction of sp³-hybridized carbons (Fsp3) is 0.263. The van der Waals surface area contributed by atoms with E-state index in [2.05, 4.69) is 58.4 Å². The summed E-state index contributed by atoms with van der Waals surface area (Å²) in [7, 11) is 3.44. The molecule has 0 aromatic heterocycles. The standard InChI is InChI=1S/C11H12O.C8H9O.In/c1-3-4-5-10-6-8-11(12-2)9-7-10;1-7-3-5-8(9-2)6-4-7;/h1,3,5-9H,4H2,2H3;3-6H,1H2,2H3;. The summed E-state index contributed by atoms with van der Waals surface area (Å²) in [5.41, 5.74) is 2.94. The number of ether oxygens (including phenoxy) is 2. The monoisotopic (exact) mass is 396 g/mol. The first-order chi connectivity index (χ1) is 10.8.